The minimum Gasteiger partial charge on any atom is -0.396 e. The van der Waals surface area contributed by atoms with E-state index in [2.05, 4.69) is 5.32 Å². The third-order valence-corrected chi connectivity index (χ3v) is 2.24. The minimum absolute atomic E-state index is 0.170. The maximum atomic E-state index is 10.3. The zero-order valence-corrected chi connectivity index (χ0v) is 6.47. The zero-order valence-electron chi connectivity index (χ0n) is 6.47. The highest BCUT2D eigenvalue weighted by atomic mass is 16.3. The highest BCUT2D eigenvalue weighted by molar-refractivity contribution is 5.71. The Labute approximate surface area is 65.8 Å². The molecule has 1 aliphatic carbocycles. The molecule has 0 aromatic rings. The lowest BCUT2D eigenvalue weighted by atomic mass is 10.0. The normalized spacial score (nSPS) is 19.4. The van der Waals surface area contributed by atoms with Crippen molar-refractivity contribution in [2.75, 3.05) is 13.2 Å². The van der Waals surface area contributed by atoms with Gasteiger partial charge in [-0.3, -0.25) is 0 Å². The number of carbonyl (C=O) groups excluding carboxylic acids is 1. The molecule has 0 atom stereocenters. The number of aliphatic hydroxyl groups excluding tert-OH is 1. The van der Waals surface area contributed by atoms with Gasteiger partial charge >= 0.3 is 6.03 Å². The van der Waals surface area contributed by atoms with E-state index >= 15 is 0 Å². The van der Waals surface area contributed by atoms with Gasteiger partial charge in [0, 0.05) is 13.2 Å². The van der Waals surface area contributed by atoms with E-state index in [1.807, 2.05) is 0 Å². The largest absolute Gasteiger partial charge is 0.396 e. The first-order chi connectivity index (χ1) is 5.18. The highest BCUT2D eigenvalue weighted by Gasteiger charge is 2.41. The Bertz CT molecular complexity index is 155. The van der Waals surface area contributed by atoms with Crippen LogP contribution >= 0.6 is 0 Å². The van der Waals surface area contributed by atoms with Crippen LogP contribution in [-0.2, 0) is 0 Å². The monoisotopic (exact) mass is 158 g/mol. The molecule has 0 aromatic carbocycles. The molecule has 1 saturated carbocycles. The molecule has 0 saturated heterocycles. The van der Waals surface area contributed by atoms with Crippen molar-refractivity contribution < 1.29 is 9.90 Å². The van der Waals surface area contributed by atoms with Crippen LogP contribution in [0.25, 0.3) is 0 Å². The van der Waals surface area contributed by atoms with Gasteiger partial charge in [-0.05, 0) is 24.7 Å². The van der Waals surface area contributed by atoms with Crippen molar-refractivity contribution in [1.82, 2.24) is 5.32 Å². The Hall–Kier alpha value is -0.770. The molecule has 64 valence electrons. The fourth-order valence-electron chi connectivity index (χ4n) is 1.20. The average Bonchev–Trinajstić information content (AvgIpc) is 2.67. The molecule has 1 aliphatic rings. The van der Waals surface area contributed by atoms with Gasteiger partial charge in [-0.15, -0.1) is 0 Å². The number of carbonyl (C=O) groups is 1. The summed E-state index contributed by atoms with van der Waals surface area (Å²) < 4.78 is 0. The number of nitrogens with two attached hydrogens (primary N) is 1. The molecule has 0 aliphatic heterocycles. The van der Waals surface area contributed by atoms with E-state index in [0.717, 1.165) is 19.3 Å². The second-order valence-corrected chi connectivity index (χ2v) is 3.19. The van der Waals surface area contributed by atoms with Crippen LogP contribution in [0.5, 0.6) is 0 Å². The second-order valence-electron chi connectivity index (χ2n) is 3.19. The van der Waals surface area contributed by atoms with Gasteiger partial charge in [-0.2, -0.15) is 0 Å². The number of hydrogen-bond acceptors (Lipinski definition) is 2. The predicted molar refractivity (Wildman–Crippen MR) is 41.0 cm³/mol. The summed E-state index contributed by atoms with van der Waals surface area (Å²) in [5.74, 6) is 0. The molecule has 1 fully saturated rings. The number of hydrogen-bond donors (Lipinski definition) is 3. The predicted octanol–water partition coefficient (Wildman–Crippen LogP) is -0.183. The Morgan fingerprint density at radius 3 is 2.64 bits per heavy atom. The third-order valence-electron chi connectivity index (χ3n) is 2.24. The number of amides is 2. The van der Waals surface area contributed by atoms with Crippen LogP contribution in [0.1, 0.15) is 19.3 Å². The molecule has 0 radical (unpaired) electrons. The molecule has 0 heterocycles. The Morgan fingerprint density at radius 2 is 2.27 bits per heavy atom. The Morgan fingerprint density at radius 1 is 1.64 bits per heavy atom. The van der Waals surface area contributed by atoms with E-state index in [4.69, 9.17) is 10.8 Å². The first-order valence-corrected chi connectivity index (χ1v) is 3.83. The van der Waals surface area contributed by atoms with E-state index in [1.165, 1.54) is 0 Å². The number of nitrogens with one attached hydrogen (secondary N) is 1. The molecule has 11 heavy (non-hydrogen) atoms. The molecule has 0 spiro atoms. The van der Waals surface area contributed by atoms with Crippen LogP contribution in [0.15, 0.2) is 0 Å². The van der Waals surface area contributed by atoms with Gasteiger partial charge in [-0.25, -0.2) is 4.79 Å². The molecular formula is C7H14N2O2. The fourth-order valence-corrected chi connectivity index (χ4v) is 1.20. The van der Waals surface area contributed by atoms with Gasteiger partial charge in [0.2, 0.25) is 0 Å². The van der Waals surface area contributed by atoms with Gasteiger partial charge < -0.3 is 16.2 Å². The van der Waals surface area contributed by atoms with Crippen molar-refractivity contribution in [3.05, 3.63) is 0 Å². The molecule has 0 aromatic heterocycles. The molecule has 4 heteroatoms. The zero-order chi connectivity index (χ0) is 8.32. The number of primary amides is 1. The average molecular weight is 158 g/mol. The summed E-state index contributed by atoms with van der Waals surface area (Å²) in [7, 11) is 0. The number of aliphatic hydroxyl groups is 1. The van der Waals surface area contributed by atoms with Crippen molar-refractivity contribution in [2.24, 2.45) is 11.1 Å². The maximum absolute atomic E-state index is 10.3. The first-order valence-electron chi connectivity index (χ1n) is 3.83. The SMILES string of the molecule is NC(=O)NCC1(CCO)CC1. The number of urea groups is 1. The van der Waals surface area contributed by atoms with Crippen LogP contribution < -0.4 is 11.1 Å². The smallest absolute Gasteiger partial charge is 0.312 e. The molecule has 1 rings (SSSR count). The van der Waals surface area contributed by atoms with Crippen LogP contribution in [0.3, 0.4) is 0 Å². The Kier molecular flexibility index (Phi) is 2.34. The quantitative estimate of drug-likeness (QED) is 0.530. The lowest BCUT2D eigenvalue weighted by molar-refractivity contribution is 0.233. The lowest BCUT2D eigenvalue weighted by Crippen LogP contribution is -2.34. The lowest BCUT2D eigenvalue weighted by Gasteiger charge is -2.12. The molecule has 2 amide bonds. The van der Waals surface area contributed by atoms with Gasteiger partial charge in [0.25, 0.3) is 0 Å². The van der Waals surface area contributed by atoms with E-state index in [0.29, 0.717) is 6.54 Å². The van der Waals surface area contributed by atoms with Crippen molar-refractivity contribution in [1.29, 1.82) is 0 Å². The van der Waals surface area contributed by atoms with E-state index in [9.17, 15) is 4.79 Å². The van der Waals surface area contributed by atoms with Crippen molar-refractivity contribution in [2.45, 2.75) is 19.3 Å². The van der Waals surface area contributed by atoms with Crippen molar-refractivity contribution >= 4 is 6.03 Å². The van der Waals surface area contributed by atoms with Crippen LogP contribution in [0.4, 0.5) is 4.79 Å². The van der Waals surface area contributed by atoms with Gasteiger partial charge in [0.1, 0.15) is 0 Å². The molecule has 0 unspecified atom stereocenters. The summed E-state index contributed by atoms with van der Waals surface area (Å²) in [6.45, 7) is 0.809. The fraction of sp³-hybridized carbons (Fsp3) is 0.857. The Balaban J connectivity index is 2.19. The topological polar surface area (TPSA) is 75.4 Å². The van der Waals surface area contributed by atoms with Crippen LogP contribution in [0.2, 0.25) is 0 Å². The highest BCUT2D eigenvalue weighted by Crippen LogP contribution is 2.47. The van der Waals surface area contributed by atoms with Crippen LogP contribution in [-0.4, -0.2) is 24.3 Å². The molecule has 4 N–H and O–H groups in total. The molecule has 4 nitrogen and oxygen atoms in total. The van der Waals surface area contributed by atoms with Crippen molar-refractivity contribution in [3.63, 3.8) is 0 Å². The number of rotatable bonds is 4. The van der Waals surface area contributed by atoms with Crippen LogP contribution in [0, 0.1) is 5.41 Å². The molecular weight excluding hydrogens is 144 g/mol. The van der Waals surface area contributed by atoms with Gasteiger partial charge in [0.05, 0.1) is 0 Å². The van der Waals surface area contributed by atoms with E-state index < -0.39 is 6.03 Å². The second kappa shape index (κ2) is 3.09. The summed E-state index contributed by atoms with van der Waals surface area (Å²) in [5.41, 5.74) is 5.08. The summed E-state index contributed by atoms with van der Waals surface area (Å²) >= 11 is 0. The summed E-state index contributed by atoms with van der Waals surface area (Å²) in [4.78, 5) is 10.3. The summed E-state index contributed by atoms with van der Waals surface area (Å²) in [5, 5.41) is 11.2. The maximum Gasteiger partial charge on any atom is 0.312 e. The third kappa shape index (κ3) is 2.38. The van der Waals surface area contributed by atoms with Gasteiger partial charge in [0.15, 0.2) is 0 Å². The summed E-state index contributed by atoms with van der Waals surface area (Å²) in [6.07, 6.45) is 2.95. The van der Waals surface area contributed by atoms with Crippen molar-refractivity contribution in [3.8, 4) is 0 Å². The standard InChI is InChI=1S/C7H14N2O2/c8-6(11)9-5-7(1-2-7)3-4-10/h10H,1-5H2,(H3,8,9,11). The van der Waals surface area contributed by atoms with E-state index in [-0.39, 0.29) is 12.0 Å². The minimum atomic E-state index is -0.478. The first kappa shape index (κ1) is 8.33. The van der Waals surface area contributed by atoms with Gasteiger partial charge in [-0.1, -0.05) is 0 Å². The summed E-state index contributed by atoms with van der Waals surface area (Å²) in [6, 6.07) is -0.478. The molecule has 0 bridgehead atoms. The van der Waals surface area contributed by atoms with E-state index in [1.54, 1.807) is 0 Å².